The van der Waals surface area contributed by atoms with E-state index in [1.54, 1.807) is 12.4 Å². The number of aromatic nitrogens is 1. The normalized spacial score (nSPS) is 12.4. The van der Waals surface area contributed by atoms with Gasteiger partial charge in [0.1, 0.15) is 0 Å². The maximum atomic E-state index is 10.3. The van der Waals surface area contributed by atoms with E-state index in [1.807, 2.05) is 13.0 Å². The summed E-state index contributed by atoms with van der Waals surface area (Å²) >= 11 is 0. The van der Waals surface area contributed by atoms with E-state index in [-0.39, 0.29) is 0 Å². The van der Waals surface area contributed by atoms with Crippen molar-refractivity contribution in [3.05, 3.63) is 64.5 Å². The van der Waals surface area contributed by atoms with Gasteiger partial charge >= 0.3 is 0 Å². The van der Waals surface area contributed by atoms with Crippen molar-refractivity contribution in [2.24, 2.45) is 0 Å². The van der Waals surface area contributed by atoms with Gasteiger partial charge in [-0.1, -0.05) is 29.3 Å². The molecule has 0 amide bonds. The zero-order valence-corrected chi connectivity index (χ0v) is 11.1. The Morgan fingerprint density at radius 2 is 1.78 bits per heavy atom. The van der Waals surface area contributed by atoms with Gasteiger partial charge in [-0.25, -0.2) is 0 Å². The van der Waals surface area contributed by atoms with Gasteiger partial charge in [-0.05, 0) is 38.0 Å². The molecule has 0 bridgehead atoms. The van der Waals surface area contributed by atoms with E-state index in [4.69, 9.17) is 0 Å². The predicted octanol–water partition coefficient (Wildman–Crippen LogP) is 3.28. The molecule has 0 fully saturated rings. The van der Waals surface area contributed by atoms with Crippen molar-refractivity contribution in [2.75, 3.05) is 0 Å². The highest BCUT2D eigenvalue weighted by Gasteiger charge is 2.11. The van der Waals surface area contributed by atoms with Gasteiger partial charge in [0, 0.05) is 24.4 Å². The quantitative estimate of drug-likeness (QED) is 0.894. The summed E-state index contributed by atoms with van der Waals surface area (Å²) < 4.78 is 0. The first kappa shape index (κ1) is 12.8. The van der Waals surface area contributed by atoms with Crippen molar-refractivity contribution in [3.63, 3.8) is 0 Å². The Balaban J connectivity index is 2.21. The Kier molecular flexibility index (Phi) is 3.78. The standard InChI is InChI=1S/C16H19NO/c1-11-6-12(2)8-14(7-11)9-16(18)15-10-17-5-4-13(15)3/h4-8,10,16,18H,9H2,1-3H3. The summed E-state index contributed by atoms with van der Waals surface area (Å²) in [6, 6.07) is 8.33. The first-order valence-corrected chi connectivity index (χ1v) is 6.22. The van der Waals surface area contributed by atoms with E-state index in [0.29, 0.717) is 6.42 Å². The van der Waals surface area contributed by atoms with Crippen LogP contribution in [0.25, 0.3) is 0 Å². The molecule has 2 heteroatoms. The van der Waals surface area contributed by atoms with Crippen molar-refractivity contribution in [1.29, 1.82) is 0 Å². The molecule has 0 saturated carbocycles. The van der Waals surface area contributed by atoms with Gasteiger partial charge in [-0.3, -0.25) is 4.98 Å². The number of benzene rings is 1. The largest absolute Gasteiger partial charge is 0.388 e. The highest BCUT2D eigenvalue weighted by atomic mass is 16.3. The van der Waals surface area contributed by atoms with Crippen LogP contribution in [0.5, 0.6) is 0 Å². The molecule has 0 radical (unpaired) electrons. The number of rotatable bonds is 3. The van der Waals surface area contributed by atoms with Gasteiger partial charge in [-0.15, -0.1) is 0 Å². The molecular weight excluding hydrogens is 222 g/mol. The minimum atomic E-state index is -0.486. The molecular formula is C16H19NO. The SMILES string of the molecule is Cc1cc(C)cc(CC(O)c2cnccc2C)c1. The van der Waals surface area contributed by atoms with Crippen LogP contribution < -0.4 is 0 Å². The molecule has 1 unspecified atom stereocenters. The molecule has 2 rings (SSSR count). The third kappa shape index (κ3) is 2.96. The lowest BCUT2D eigenvalue weighted by atomic mass is 9.97. The molecule has 0 aliphatic rings. The van der Waals surface area contributed by atoms with Crippen molar-refractivity contribution >= 4 is 0 Å². The average Bonchev–Trinajstić information content (AvgIpc) is 2.27. The fraction of sp³-hybridized carbons (Fsp3) is 0.312. The predicted molar refractivity (Wildman–Crippen MR) is 73.6 cm³/mol. The van der Waals surface area contributed by atoms with Crippen LogP contribution in [0.2, 0.25) is 0 Å². The fourth-order valence-corrected chi connectivity index (χ4v) is 2.35. The van der Waals surface area contributed by atoms with Crippen molar-refractivity contribution < 1.29 is 5.11 Å². The van der Waals surface area contributed by atoms with Crippen LogP contribution in [-0.2, 0) is 6.42 Å². The number of pyridine rings is 1. The molecule has 18 heavy (non-hydrogen) atoms. The summed E-state index contributed by atoms with van der Waals surface area (Å²) in [5.74, 6) is 0. The van der Waals surface area contributed by atoms with E-state index >= 15 is 0 Å². The van der Waals surface area contributed by atoms with Gasteiger partial charge in [-0.2, -0.15) is 0 Å². The fourth-order valence-electron chi connectivity index (χ4n) is 2.35. The van der Waals surface area contributed by atoms with E-state index in [0.717, 1.165) is 11.1 Å². The first-order valence-electron chi connectivity index (χ1n) is 6.22. The van der Waals surface area contributed by atoms with Crippen LogP contribution in [0.3, 0.4) is 0 Å². The Morgan fingerprint density at radius 3 is 2.39 bits per heavy atom. The minimum Gasteiger partial charge on any atom is -0.388 e. The summed E-state index contributed by atoms with van der Waals surface area (Å²) in [6.07, 6.45) is 3.65. The van der Waals surface area contributed by atoms with Gasteiger partial charge < -0.3 is 5.11 Å². The molecule has 1 N–H and O–H groups in total. The molecule has 1 atom stereocenters. The molecule has 1 aromatic carbocycles. The van der Waals surface area contributed by atoms with E-state index < -0.39 is 6.10 Å². The highest BCUT2D eigenvalue weighted by Crippen LogP contribution is 2.21. The molecule has 0 aliphatic heterocycles. The molecule has 1 heterocycles. The molecule has 94 valence electrons. The Bertz CT molecular complexity index is 528. The summed E-state index contributed by atoms with van der Waals surface area (Å²) in [5.41, 5.74) is 5.64. The second-order valence-electron chi connectivity index (χ2n) is 4.95. The number of nitrogens with zero attached hydrogens (tertiary/aromatic N) is 1. The third-order valence-corrected chi connectivity index (χ3v) is 3.15. The highest BCUT2D eigenvalue weighted by molar-refractivity contribution is 5.31. The second-order valence-corrected chi connectivity index (χ2v) is 4.95. The Labute approximate surface area is 108 Å². The smallest absolute Gasteiger partial charge is 0.0847 e. The number of aliphatic hydroxyl groups excluding tert-OH is 1. The molecule has 2 aromatic rings. The third-order valence-electron chi connectivity index (χ3n) is 3.15. The van der Waals surface area contributed by atoms with Crippen LogP contribution in [0.4, 0.5) is 0 Å². The summed E-state index contributed by atoms with van der Waals surface area (Å²) in [7, 11) is 0. The average molecular weight is 241 g/mol. The van der Waals surface area contributed by atoms with Gasteiger partial charge in [0.2, 0.25) is 0 Å². The van der Waals surface area contributed by atoms with E-state index in [9.17, 15) is 5.11 Å². The van der Waals surface area contributed by atoms with Crippen molar-refractivity contribution in [3.8, 4) is 0 Å². The summed E-state index contributed by atoms with van der Waals surface area (Å²) in [4.78, 5) is 4.08. The second kappa shape index (κ2) is 5.32. The van der Waals surface area contributed by atoms with Gasteiger partial charge in [0.25, 0.3) is 0 Å². The Morgan fingerprint density at radius 1 is 1.11 bits per heavy atom. The van der Waals surface area contributed by atoms with Gasteiger partial charge in [0.15, 0.2) is 0 Å². The zero-order valence-electron chi connectivity index (χ0n) is 11.1. The number of hydrogen-bond acceptors (Lipinski definition) is 2. The number of aliphatic hydroxyl groups is 1. The monoisotopic (exact) mass is 241 g/mol. The molecule has 2 nitrogen and oxygen atoms in total. The van der Waals surface area contributed by atoms with Crippen molar-refractivity contribution in [2.45, 2.75) is 33.3 Å². The van der Waals surface area contributed by atoms with Gasteiger partial charge in [0.05, 0.1) is 6.10 Å². The van der Waals surface area contributed by atoms with Crippen LogP contribution in [0.1, 0.15) is 33.9 Å². The Hall–Kier alpha value is -1.67. The topological polar surface area (TPSA) is 33.1 Å². The van der Waals surface area contributed by atoms with E-state index in [2.05, 4.69) is 37.0 Å². The minimum absolute atomic E-state index is 0.486. The summed E-state index contributed by atoms with van der Waals surface area (Å²) in [5, 5.41) is 10.3. The molecule has 0 aliphatic carbocycles. The number of aryl methyl sites for hydroxylation is 3. The number of hydrogen-bond donors (Lipinski definition) is 1. The lowest BCUT2D eigenvalue weighted by Crippen LogP contribution is -2.04. The first-order chi connectivity index (χ1) is 8.56. The molecule has 1 aromatic heterocycles. The maximum absolute atomic E-state index is 10.3. The van der Waals surface area contributed by atoms with Crippen LogP contribution in [0.15, 0.2) is 36.7 Å². The van der Waals surface area contributed by atoms with Crippen LogP contribution >= 0.6 is 0 Å². The molecule has 0 saturated heterocycles. The van der Waals surface area contributed by atoms with Crippen LogP contribution in [-0.4, -0.2) is 10.1 Å². The zero-order chi connectivity index (χ0) is 13.1. The van der Waals surface area contributed by atoms with E-state index in [1.165, 1.54) is 16.7 Å². The molecule has 0 spiro atoms. The lowest BCUT2D eigenvalue weighted by Gasteiger charge is -2.14. The summed E-state index contributed by atoms with van der Waals surface area (Å²) in [6.45, 7) is 6.16. The van der Waals surface area contributed by atoms with Crippen LogP contribution in [0, 0.1) is 20.8 Å². The lowest BCUT2D eigenvalue weighted by molar-refractivity contribution is 0.177. The van der Waals surface area contributed by atoms with Crippen molar-refractivity contribution in [1.82, 2.24) is 4.98 Å². The maximum Gasteiger partial charge on any atom is 0.0847 e.